The Hall–Kier alpha value is -0.380. The Labute approximate surface area is 103 Å². The second-order valence-electron chi connectivity index (χ2n) is 2.90. The van der Waals surface area contributed by atoms with Crippen molar-refractivity contribution in [1.82, 2.24) is 0 Å². The molecule has 0 saturated carbocycles. The van der Waals surface area contributed by atoms with Crippen molar-refractivity contribution in [2.75, 3.05) is 0 Å². The van der Waals surface area contributed by atoms with E-state index in [1.807, 2.05) is 6.92 Å². The number of halogens is 2. The molecule has 0 bridgehead atoms. The fraction of sp³-hybridized carbons (Fsp3) is 0.300. The molecule has 1 unspecified atom stereocenters. The zero-order chi connectivity index (χ0) is 11.4. The van der Waals surface area contributed by atoms with Gasteiger partial charge in [0.2, 0.25) is 0 Å². The first-order valence-electron chi connectivity index (χ1n) is 4.39. The lowest BCUT2D eigenvalue weighted by atomic mass is 10.3. The molecule has 0 amide bonds. The number of rotatable bonds is 4. The highest BCUT2D eigenvalue weighted by molar-refractivity contribution is 8.00. The Morgan fingerprint density at radius 1 is 1.53 bits per heavy atom. The quantitative estimate of drug-likeness (QED) is 0.837. The van der Waals surface area contributed by atoms with E-state index < -0.39 is 11.2 Å². The van der Waals surface area contributed by atoms with E-state index >= 15 is 0 Å². The molecule has 5 heteroatoms. The fourth-order valence-corrected chi connectivity index (χ4v) is 2.47. The summed E-state index contributed by atoms with van der Waals surface area (Å²) in [6.07, 6.45) is 0.544. The molecule has 1 rings (SSSR count). The molecule has 0 spiro atoms. The molecular formula is C10H10Cl2O2S. The predicted molar refractivity (Wildman–Crippen MR) is 64.0 cm³/mol. The second-order valence-corrected chi connectivity index (χ2v) is 4.93. The third-order valence-corrected chi connectivity index (χ3v) is 4.18. The SMILES string of the molecule is CCC(Sc1cccc(Cl)c1Cl)C(=O)O. The molecular weight excluding hydrogens is 255 g/mol. The zero-order valence-electron chi connectivity index (χ0n) is 8.04. The molecule has 0 aliphatic carbocycles. The van der Waals surface area contributed by atoms with Crippen LogP contribution in [0.3, 0.4) is 0 Å². The number of carboxylic acid groups (broad SMARTS) is 1. The van der Waals surface area contributed by atoms with Gasteiger partial charge in [-0.2, -0.15) is 0 Å². The Balaban J connectivity index is 2.88. The van der Waals surface area contributed by atoms with E-state index in [0.717, 1.165) is 0 Å². The minimum Gasteiger partial charge on any atom is -0.480 e. The predicted octanol–water partition coefficient (Wildman–Crippen LogP) is 3.95. The van der Waals surface area contributed by atoms with E-state index in [2.05, 4.69) is 0 Å². The molecule has 2 nitrogen and oxygen atoms in total. The number of hydrogen-bond acceptors (Lipinski definition) is 2. The van der Waals surface area contributed by atoms with Crippen LogP contribution in [0.15, 0.2) is 23.1 Å². The second kappa shape index (κ2) is 5.64. The Morgan fingerprint density at radius 2 is 2.20 bits per heavy atom. The van der Waals surface area contributed by atoms with Gasteiger partial charge in [-0.1, -0.05) is 36.2 Å². The van der Waals surface area contributed by atoms with Crippen molar-refractivity contribution in [2.45, 2.75) is 23.5 Å². The maximum absolute atomic E-state index is 10.8. The van der Waals surface area contributed by atoms with Crippen LogP contribution in [0, 0.1) is 0 Å². The molecule has 0 aliphatic rings. The molecule has 1 N–H and O–H groups in total. The van der Waals surface area contributed by atoms with Gasteiger partial charge in [-0.15, -0.1) is 11.8 Å². The van der Waals surface area contributed by atoms with E-state index in [9.17, 15) is 4.79 Å². The Kier molecular flexibility index (Phi) is 4.77. The van der Waals surface area contributed by atoms with Gasteiger partial charge in [0.15, 0.2) is 0 Å². The van der Waals surface area contributed by atoms with Gasteiger partial charge < -0.3 is 5.11 Å². The van der Waals surface area contributed by atoms with E-state index in [4.69, 9.17) is 28.3 Å². The molecule has 0 heterocycles. The van der Waals surface area contributed by atoms with Crippen LogP contribution in [0.5, 0.6) is 0 Å². The third-order valence-electron chi connectivity index (χ3n) is 1.83. The highest BCUT2D eigenvalue weighted by Gasteiger charge is 2.18. The highest BCUT2D eigenvalue weighted by atomic mass is 35.5. The van der Waals surface area contributed by atoms with Crippen LogP contribution in [0.2, 0.25) is 10.0 Å². The number of carbonyl (C=O) groups is 1. The summed E-state index contributed by atoms with van der Waals surface area (Å²) < 4.78 is 0. The minimum atomic E-state index is -0.835. The number of aliphatic carboxylic acids is 1. The maximum Gasteiger partial charge on any atom is 0.316 e. The summed E-state index contributed by atoms with van der Waals surface area (Å²) in [5.74, 6) is -0.835. The van der Waals surface area contributed by atoms with Crippen molar-refractivity contribution in [3.05, 3.63) is 28.2 Å². The lowest BCUT2D eigenvalue weighted by Crippen LogP contribution is -2.14. The largest absolute Gasteiger partial charge is 0.480 e. The average molecular weight is 265 g/mol. The molecule has 1 aromatic carbocycles. The molecule has 15 heavy (non-hydrogen) atoms. The molecule has 0 fully saturated rings. The first-order valence-corrected chi connectivity index (χ1v) is 6.03. The summed E-state index contributed by atoms with van der Waals surface area (Å²) in [5, 5.41) is 9.28. The summed E-state index contributed by atoms with van der Waals surface area (Å²) in [4.78, 5) is 11.5. The maximum atomic E-state index is 10.8. The van der Waals surface area contributed by atoms with E-state index in [0.29, 0.717) is 21.4 Å². The highest BCUT2D eigenvalue weighted by Crippen LogP contribution is 2.35. The van der Waals surface area contributed by atoms with Crippen molar-refractivity contribution >= 4 is 40.9 Å². The number of carboxylic acids is 1. The summed E-state index contributed by atoms with van der Waals surface area (Å²) in [6, 6.07) is 5.20. The molecule has 0 saturated heterocycles. The van der Waals surface area contributed by atoms with Crippen molar-refractivity contribution in [1.29, 1.82) is 0 Å². The van der Waals surface area contributed by atoms with Crippen molar-refractivity contribution in [2.24, 2.45) is 0 Å². The Bertz CT molecular complexity index is 368. The van der Waals surface area contributed by atoms with Gasteiger partial charge in [0.25, 0.3) is 0 Å². The monoisotopic (exact) mass is 264 g/mol. The lowest BCUT2D eigenvalue weighted by molar-refractivity contribution is -0.136. The average Bonchev–Trinajstić information content (AvgIpc) is 2.19. The topological polar surface area (TPSA) is 37.3 Å². The van der Waals surface area contributed by atoms with Crippen LogP contribution in [0.1, 0.15) is 13.3 Å². The van der Waals surface area contributed by atoms with Gasteiger partial charge in [0, 0.05) is 4.90 Å². The van der Waals surface area contributed by atoms with Crippen LogP contribution in [0.25, 0.3) is 0 Å². The van der Waals surface area contributed by atoms with E-state index in [1.165, 1.54) is 11.8 Å². The fourth-order valence-electron chi connectivity index (χ4n) is 1.04. The molecule has 0 radical (unpaired) electrons. The van der Waals surface area contributed by atoms with Crippen LogP contribution < -0.4 is 0 Å². The van der Waals surface area contributed by atoms with Gasteiger partial charge in [-0.05, 0) is 18.6 Å². The van der Waals surface area contributed by atoms with Crippen LogP contribution >= 0.6 is 35.0 Å². The summed E-state index contributed by atoms with van der Waals surface area (Å²) in [7, 11) is 0. The molecule has 82 valence electrons. The molecule has 0 aromatic heterocycles. The molecule has 1 aromatic rings. The number of hydrogen-bond donors (Lipinski definition) is 1. The Morgan fingerprint density at radius 3 is 2.73 bits per heavy atom. The molecule has 0 aliphatic heterocycles. The van der Waals surface area contributed by atoms with Gasteiger partial charge in [-0.25, -0.2) is 0 Å². The smallest absolute Gasteiger partial charge is 0.316 e. The number of thioether (sulfide) groups is 1. The summed E-state index contributed by atoms with van der Waals surface area (Å²) in [6.45, 7) is 1.82. The third kappa shape index (κ3) is 3.30. The number of benzene rings is 1. The summed E-state index contributed by atoms with van der Waals surface area (Å²) in [5.41, 5.74) is 0. The van der Waals surface area contributed by atoms with Crippen LogP contribution in [0.4, 0.5) is 0 Å². The van der Waals surface area contributed by atoms with Crippen molar-refractivity contribution in [3.63, 3.8) is 0 Å². The van der Waals surface area contributed by atoms with Crippen LogP contribution in [-0.2, 0) is 4.79 Å². The lowest BCUT2D eigenvalue weighted by Gasteiger charge is -2.10. The first-order chi connectivity index (χ1) is 7.06. The van der Waals surface area contributed by atoms with Crippen molar-refractivity contribution in [3.8, 4) is 0 Å². The first kappa shape index (κ1) is 12.7. The van der Waals surface area contributed by atoms with Gasteiger partial charge >= 0.3 is 5.97 Å². The zero-order valence-corrected chi connectivity index (χ0v) is 10.4. The van der Waals surface area contributed by atoms with Crippen LogP contribution in [-0.4, -0.2) is 16.3 Å². The van der Waals surface area contributed by atoms with Gasteiger partial charge in [-0.3, -0.25) is 4.79 Å². The van der Waals surface area contributed by atoms with E-state index in [1.54, 1.807) is 18.2 Å². The summed E-state index contributed by atoms with van der Waals surface area (Å²) >= 11 is 13.0. The standard InChI is InChI=1S/C10H10Cl2O2S/c1-2-7(10(13)14)15-8-5-3-4-6(11)9(8)12/h3-5,7H,2H2,1H3,(H,13,14). The van der Waals surface area contributed by atoms with Gasteiger partial charge in [0.1, 0.15) is 5.25 Å². The molecule has 1 atom stereocenters. The normalized spacial score (nSPS) is 12.5. The van der Waals surface area contributed by atoms with Gasteiger partial charge in [0.05, 0.1) is 10.0 Å². The van der Waals surface area contributed by atoms with E-state index in [-0.39, 0.29) is 0 Å². The minimum absolute atomic E-state index is 0.420. The van der Waals surface area contributed by atoms with Crippen molar-refractivity contribution < 1.29 is 9.90 Å².